The summed E-state index contributed by atoms with van der Waals surface area (Å²) in [4.78, 5) is 22.0. The molecule has 1 aliphatic heterocycles. The molecule has 2 atom stereocenters. The van der Waals surface area contributed by atoms with Crippen LogP contribution in [0.3, 0.4) is 0 Å². The molecule has 1 saturated heterocycles. The van der Waals surface area contributed by atoms with E-state index < -0.39 is 11.0 Å². The lowest BCUT2D eigenvalue weighted by atomic mass is 9.93. The summed E-state index contributed by atoms with van der Waals surface area (Å²) in [6.45, 7) is 1.38. The van der Waals surface area contributed by atoms with Gasteiger partial charge in [-0.05, 0) is 13.0 Å². The third kappa shape index (κ3) is 2.54. The Hall–Kier alpha value is -1.39. The highest BCUT2D eigenvalue weighted by Gasteiger charge is 2.44. The second-order valence-corrected chi connectivity index (χ2v) is 5.00. The van der Waals surface area contributed by atoms with Crippen LogP contribution in [0.15, 0.2) is 30.3 Å². The van der Waals surface area contributed by atoms with Crippen molar-refractivity contribution in [2.24, 2.45) is 0 Å². The summed E-state index contributed by atoms with van der Waals surface area (Å²) >= 11 is 6.29. The van der Waals surface area contributed by atoms with Gasteiger partial charge in [-0.2, -0.15) is 0 Å². The predicted octanol–water partition coefficient (Wildman–Crippen LogP) is 1.44. The molecular weight excluding hydrogens is 254 g/mol. The number of rotatable bonds is 5. The fourth-order valence-electron chi connectivity index (χ4n) is 2.08. The van der Waals surface area contributed by atoms with Crippen molar-refractivity contribution in [1.29, 1.82) is 0 Å². The van der Waals surface area contributed by atoms with Crippen LogP contribution in [0, 0.1) is 0 Å². The number of benzene rings is 1. The van der Waals surface area contributed by atoms with Gasteiger partial charge in [-0.1, -0.05) is 30.3 Å². The summed E-state index contributed by atoms with van der Waals surface area (Å²) in [5, 5.41) is 3.05. The molecule has 1 aromatic carbocycles. The Kier molecular flexibility index (Phi) is 3.99. The molecule has 1 fully saturated rings. The monoisotopic (exact) mass is 267 g/mol. The summed E-state index contributed by atoms with van der Waals surface area (Å²) in [5.41, 5.74) is 0.640. The lowest BCUT2D eigenvalue weighted by molar-refractivity contribution is -0.145. The van der Waals surface area contributed by atoms with Crippen LogP contribution < -0.4 is 5.32 Å². The Balaban J connectivity index is 2.25. The van der Waals surface area contributed by atoms with E-state index in [1.165, 1.54) is 0 Å². The van der Waals surface area contributed by atoms with Crippen molar-refractivity contribution in [2.45, 2.75) is 17.4 Å². The summed E-state index contributed by atoms with van der Waals surface area (Å²) in [6, 6.07) is 8.90. The molecule has 0 aromatic heterocycles. The van der Waals surface area contributed by atoms with Gasteiger partial charge >= 0.3 is 0 Å². The summed E-state index contributed by atoms with van der Waals surface area (Å²) in [7, 11) is 0. The lowest BCUT2D eigenvalue weighted by Gasteiger charge is -2.24. The van der Waals surface area contributed by atoms with Crippen LogP contribution in [0.5, 0.6) is 0 Å². The van der Waals surface area contributed by atoms with Crippen molar-refractivity contribution < 1.29 is 14.3 Å². The van der Waals surface area contributed by atoms with E-state index in [9.17, 15) is 9.59 Å². The maximum absolute atomic E-state index is 12.4. The molecule has 0 spiro atoms. The maximum atomic E-state index is 12.4. The first kappa shape index (κ1) is 13.1. The summed E-state index contributed by atoms with van der Waals surface area (Å²) in [6.07, 6.45) is -0.389. The highest BCUT2D eigenvalue weighted by Crippen LogP contribution is 2.32. The molecule has 1 aliphatic rings. The average molecular weight is 268 g/mol. The quantitative estimate of drug-likeness (QED) is 0.648. The predicted molar refractivity (Wildman–Crippen MR) is 67.4 cm³/mol. The van der Waals surface area contributed by atoms with Crippen molar-refractivity contribution in [2.75, 3.05) is 13.1 Å². The lowest BCUT2D eigenvalue weighted by Crippen LogP contribution is -2.39. The van der Waals surface area contributed by atoms with E-state index >= 15 is 0 Å². The van der Waals surface area contributed by atoms with Gasteiger partial charge in [0.15, 0.2) is 11.9 Å². The molecule has 1 N–H and O–H groups in total. The van der Waals surface area contributed by atoms with Gasteiger partial charge in [0.05, 0.1) is 0 Å². The number of ketones is 1. The molecule has 0 bridgehead atoms. The summed E-state index contributed by atoms with van der Waals surface area (Å²) in [5.74, 6) is -0.271. The fourth-order valence-corrected chi connectivity index (χ4v) is 2.37. The minimum absolute atomic E-state index is 0.271. The Morgan fingerprint density at radius 2 is 2.17 bits per heavy atom. The van der Waals surface area contributed by atoms with E-state index in [1.54, 1.807) is 24.3 Å². The van der Waals surface area contributed by atoms with Gasteiger partial charge in [-0.3, -0.25) is 9.59 Å². The second kappa shape index (κ2) is 5.50. The van der Waals surface area contributed by atoms with Crippen LogP contribution in [-0.2, 0) is 14.3 Å². The van der Waals surface area contributed by atoms with E-state index in [-0.39, 0.29) is 12.3 Å². The van der Waals surface area contributed by atoms with Gasteiger partial charge in [0, 0.05) is 12.1 Å². The van der Waals surface area contributed by atoms with Gasteiger partial charge in [-0.15, -0.1) is 11.6 Å². The number of hydrogen-bond donors (Lipinski definition) is 1. The molecule has 2 unspecified atom stereocenters. The minimum atomic E-state index is -0.983. The molecule has 0 aliphatic carbocycles. The second-order valence-electron chi connectivity index (χ2n) is 4.28. The minimum Gasteiger partial charge on any atom is -0.452 e. The van der Waals surface area contributed by atoms with Crippen LogP contribution in [0.4, 0.5) is 0 Å². The van der Waals surface area contributed by atoms with Crippen molar-refractivity contribution >= 4 is 23.9 Å². The van der Waals surface area contributed by atoms with Crippen LogP contribution in [0.2, 0.25) is 0 Å². The number of halogens is 1. The van der Waals surface area contributed by atoms with Gasteiger partial charge in [0.1, 0.15) is 4.87 Å². The van der Waals surface area contributed by atoms with E-state index in [4.69, 9.17) is 16.3 Å². The molecule has 0 radical (unpaired) electrons. The van der Waals surface area contributed by atoms with Gasteiger partial charge < -0.3 is 10.1 Å². The Bertz CT molecular complexity index is 429. The van der Waals surface area contributed by atoms with Gasteiger partial charge in [0.2, 0.25) is 0 Å². The van der Waals surface area contributed by atoms with Crippen molar-refractivity contribution in [1.82, 2.24) is 5.32 Å². The molecular formula is C13H14ClNO3. The van der Waals surface area contributed by atoms with E-state index in [0.29, 0.717) is 25.1 Å². The van der Waals surface area contributed by atoms with E-state index in [2.05, 4.69) is 5.32 Å². The highest BCUT2D eigenvalue weighted by molar-refractivity contribution is 6.36. The van der Waals surface area contributed by atoms with Crippen molar-refractivity contribution in [3.63, 3.8) is 0 Å². The van der Waals surface area contributed by atoms with Crippen LogP contribution >= 0.6 is 11.6 Å². The van der Waals surface area contributed by atoms with E-state index in [1.807, 2.05) is 6.07 Å². The van der Waals surface area contributed by atoms with E-state index in [0.717, 1.165) is 0 Å². The Morgan fingerprint density at radius 3 is 2.72 bits per heavy atom. The zero-order valence-corrected chi connectivity index (χ0v) is 10.5. The number of Topliss-reactive ketones (excluding diaryl/α,β-unsaturated/α-hetero) is 1. The number of alkyl halides is 1. The molecule has 18 heavy (non-hydrogen) atoms. The number of carbonyl (C=O) groups is 2. The molecule has 1 heterocycles. The number of nitrogens with one attached hydrogen (secondary N) is 1. The average Bonchev–Trinajstić information content (AvgIpc) is 2.84. The third-order valence-corrected chi connectivity index (χ3v) is 3.59. The first-order valence-electron chi connectivity index (χ1n) is 5.75. The van der Waals surface area contributed by atoms with Crippen molar-refractivity contribution in [3.05, 3.63) is 35.9 Å². The highest BCUT2D eigenvalue weighted by atomic mass is 35.5. The molecule has 96 valence electrons. The van der Waals surface area contributed by atoms with Crippen LogP contribution in [0.1, 0.15) is 18.1 Å². The Labute approximate surface area is 110 Å². The molecule has 1 aromatic rings. The largest absolute Gasteiger partial charge is 0.452 e. The fraction of sp³-hybridized carbons (Fsp3) is 0.385. The van der Waals surface area contributed by atoms with Crippen molar-refractivity contribution in [3.8, 4) is 0 Å². The zero-order valence-electron chi connectivity index (χ0n) is 9.77. The molecule has 0 amide bonds. The Morgan fingerprint density at radius 1 is 1.44 bits per heavy atom. The topological polar surface area (TPSA) is 55.4 Å². The van der Waals surface area contributed by atoms with Gasteiger partial charge in [0.25, 0.3) is 6.47 Å². The third-order valence-electron chi connectivity index (χ3n) is 3.08. The van der Waals surface area contributed by atoms with Crippen LogP contribution in [0.25, 0.3) is 0 Å². The maximum Gasteiger partial charge on any atom is 0.294 e. The number of hydrogen-bond acceptors (Lipinski definition) is 4. The first-order valence-corrected chi connectivity index (χ1v) is 6.13. The number of ether oxygens (including phenoxy) is 1. The van der Waals surface area contributed by atoms with Crippen LogP contribution in [-0.4, -0.2) is 30.2 Å². The standard InChI is InChI=1S/C13H14ClNO3/c14-13(6-7-15-8-13)12(17)11(18-9-16)10-4-2-1-3-5-10/h1-5,9,11,15H,6-8H2. The normalized spacial score (nSPS) is 24.5. The smallest absolute Gasteiger partial charge is 0.294 e. The zero-order chi connectivity index (χ0) is 13.0. The molecule has 4 nitrogen and oxygen atoms in total. The molecule has 2 rings (SSSR count). The number of carbonyl (C=O) groups excluding carboxylic acids is 2. The first-order chi connectivity index (χ1) is 8.67. The van der Waals surface area contributed by atoms with Gasteiger partial charge in [-0.25, -0.2) is 0 Å². The SMILES string of the molecule is O=COC(C(=O)C1(Cl)CCNC1)c1ccccc1. The molecule has 5 heteroatoms. The molecule has 0 saturated carbocycles. The summed E-state index contributed by atoms with van der Waals surface area (Å²) < 4.78 is 4.93.